The number of alkyl halides is 3. The summed E-state index contributed by atoms with van der Waals surface area (Å²) in [5.41, 5.74) is -3.17. The first kappa shape index (κ1) is 17.4. The molecule has 1 aliphatic carbocycles. The van der Waals surface area contributed by atoms with Crippen LogP contribution in [-0.2, 0) is 10.2 Å². The number of halogens is 4. The maximum Gasteiger partial charge on any atom is 0.404 e. The summed E-state index contributed by atoms with van der Waals surface area (Å²) in [5.74, 6) is 0. The number of anilines is 2. The number of ether oxygens (including phenoxy) is 1. The van der Waals surface area contributed by atoms with Gasteiger partial charge >= 0.3 is 6.18 Å². The Labute approximate surface area is 152 Å². The standard InChI is InChI=1S/C18H16ClF3N2O2/c19-10-4-5-14-13(8-10)17(18(20,21)22,9-26-11-2-1-3-11)12-6-7-23-16(25)15(12)24-14/h4-8,11,24H,1-3,9H2,(H,23,25). The Hall–Kier alpha value is -1.99. The van der Waals surface area contributed by atoms with E-state index in [1.165, 1.54) is 30.5 Å². The van der Waals surface area contributed by atoms with Gasteiger partial charge in [0.05, 0.1) is 12.7 Å². The zero-order chi connectivity index (χ0) is 18.5. The van der Waals surface area contributed by atoms with Crippen molar-refractivity contribution in [2.75, 3.05) is 11.9 Å². The highest BCUT2D eigenvalue weighted by molar-refractivity contribution is 6.30. The molecule has 2 heterocycles. The molecule has 1 fully saturated rings. The minimum Gasteiger partial charge on any atom is -0.377 e. The van der Waals surface area contributed by atoms with E-state index in [2.05, 4.69) is 10.3 Å². The summed E-state index contributed by atoms with van der Waals surface area (Å²) < 4.78 is 49.2. The highest BCUT2D eigenvalue weighted by atomic mass is 35.5. The van der Waals surface area contributed by atoms with Gasteiger partial charge in [-0.15, -0.1) is 0 Å². The minimum absolute atomic E-state index is 0.0325. The molecular formula is C18H16ClF3N2O2. The van der Waals surface area contributed by atoms with Crippen LogP contribution < -0.4 is 10.9 Å². The number of rotatable bonds is 3. The van der Waals surface area contributed by atoms with Crippen molar-refractivity contribution in [1.82, 2.24) is 4.98 Å². The molecule has 1 unspecified atom stereocenters. The molecule has 2 N–H and O–H groups in total. The van der Waals surface area contributed by atoms with Crippen LogP contribution in [0.1, 0.15) is 30.4 Å². The van der Waals surface area contributed by atoms with Crippen LogP contribution >= 0.6 is 11.6 Å². The van der Waals surface area contributed by atoms with Crippen LogP contribution in [0, 0.1) is 0 Å². The predicted octanol–water partition coefficient (Wildman–Crippen LogP) is 4.50. The fraction of sp³-hybridized carbons (Fsp3) is 0.389. The molecule has 2 aliphatic rings. The zero-order valence-electron chi connectivity index (χ0n) is 13.6. The van der Waals surface area contributed by atoms with Crippen molar-refractivity contribution in [1.29, 1.82) is 0 Å². The third-order valence-electron chi connectivity index (χ3n) is 5.19. The number of aromatic nitrogens is 1. The molecule has 0 spiro atoms. The normalized spacial score (nSPS) is 22.2. The Morgan fingerprint density at radius 3 is 2.65 bits per heavy atom. The third-order valence-corrected chi connectivity index (χ3v) is 5.43. The number of H-pyrrole nitrogens is 1. The van der Waals surface area contributed by atoms with Gasteiger partial charge in [-0.25, -0.2) is 0 Å². The Balaban J connectivity index is 1.97. The van der Waals surface area contributed by atoms with Crippen molar-refractivity contribution < 1.29 is 17.9 Å². The SMILES string of the molecule is O=c1[nH]ccc2c1Nc1ccc(Cl)cc1C2(COC1CCC1)C(F)(F)F. The lowest BCUT2D eigenvalue weighted by Crippen LogP contribution is -2.51. The number of nitrogens with one attached hydrogen (secondary N) is 2. The van der Waals surface area contributed by atoms with Crippen LogP contribution in [0.2, 0.25) is 5.02 Å². The molecule has 0 saturated heterocycles. The van der Waals surface area contributed by atoms with Gasteiger partial charge < -0.3 is 15.0 Å². The molecule has 0 radical (unpaired) electrons. The molecule has 1 aromatic carbocycles. The summed E-state index contributed by atoms with van der Waals surface area (Å²) in [5, 5.41) is 3.01. The van der Waals surface area contributed by atoms with Gasteiger partial charge in [-0.05, 0) is 49.1 Å². The van der Waals surface area contributed by atoms with Crippen molar-refractivity contribution in [2.24, 2.45) is 0 Å². The number of hydrogen-bond donors (Lipinski definition) is 2. The first-order chi connectivity index (χ1) is 12.3. The van der Waals surface area contributed by atoms with E-state index in [9.17, 15) is 18.0 Å². The molecule has 4 nitrogen and oxygen atoms in total. The van der Waals surface area contributed by atoms with E-state index in [4.69, 9.17) is 16.3 Å². The molecular weight excluding hydrogens is 369 g/mol. The van der Waals surface area contributed by atoms with Crippen molar-refractivity contribution in [3.63, 3.8) is 0 Å². The van der Waals surface area contributed by atoms with Crippen LogP contribution in [0.5, 0.6) is 0 Å². The fourth-order valence-electron chi connectivity index (χ4n) is 3.54. The van der Waals surface area contributed by atoms with Gasteiger partial charge in [0, 0.05) is 22.5 Å². The average molecular weight is 385 g/mol. The van der Waals surface area contributed by atoms with Crippen molar-refractivity contribution in [2.45, 2.75) is 37.0 Å². The van der Waals surface area contributed by atoms with Crippen molar-refractivity contribution >= 4 is 23.0 Å². The molecule has 2 aromatic rings. The summed E-state index contributed by atoms with van der Waals surface area (Å²) in [4.78, 5) is 14.6. The summed E-state index contributed by atoms with van der Waals surface area (Å²) in [6.07, 6.45) is -1.20. The molecule has 1 atom stereocenters. The van der Waals surface area contributed by atoms with Crippen molar-refractivity contribution in [3.05, 3.63) is 57.0 Å². The number of fused-ring (bicyclic) bond motifs is 2. The van der Waals surface area contributed by atoms with E-state index in [1.807, 2.05) is 0 Å². The lowest BCUT2D eigenvalue weighted by Gasteiger charge is -2.43. The summed E-state index contributed by atoms with van der Waals surface area (Å²) >= 11 is 6.01. The van der Waals surface area contributed by atoms with Gasteiger partial charge in [0.2, 0.25) is 0 Å². The van der Waals surface area contributed by atoms with Crippen LogP contribution in [0.25, 0.3) is 0 Å². The average Bonchev–Trinajstić information content (AvgIpc) is 2.52. The largest absolute Gasteiger partial charge is 0.404 e. The van der Waals surface area contributed by atoms with Crippen LogP contribution in [0.4, 0.5) is 24.5 Å². The number of pyridine rings is 1. The number of hydrogen-bond acceptors (Lipinski definition) is 3. The molecule has 26 heavy (non-hydrogen) atoms. The molecule has 138 valence electrons. The second kappa shape index (κ2) is 6.03. The zero-order valence-corrected chi connectivity index (χ0v) is 14.4. The van der Waals surface area contributed by atoms with Crippen LogP contribution in [0.15, 0.2) is 35.3 Å². The Bertz CT molecular complexity index is 908. The molecule has 4 rings (SSSR count). The monoisotopic (exact) mass is 384 g/mol. The summed E-state index contributed by atoms with van der Waals surface area (Å²) in [6.45, 7) is -0.591. The van der Waals surface area contributed by atoms with Crippen LogP contribution in [0.3, 0.4) is 0 Å². The molecule has 1 aliphatic heterocycles. The first-order valence-electron chi connectivity index (χ1n) is 8.30. The van der Waals surface area contributed by atoms with Gasteiger partial charge in [-0.3, -0.25) is 4.79 Å². The van der Waals surface area contributed by atoms with E-state index in [1.54, 1.807) is 0 Å². The summed E-state index contributed by atoms with van der Waals surface area (Å²) in [6, 6.07) is 5.52. The third kappa shape index (κ3) is 2.53. The van der Waals surface area contributed by atoms with Gasteiger partial charge in [0.1, 0.15) is 11.1 Å². The van der Waals surface area contributed by atoms with E-state index in [-0.39, 0.29) is 33.6 Å². The first-order valence-corrected chi connectivity index (χ1v) is 8.68. The van der Waals surface area contributed by atoms with Gasteiger partial charge in [0.15, 0.2) is 0 Å². The van der Waals surface area contributed by atoms with E-state index >= 15 is 0 Å². The quantitative estimate of drug-likeness (QED) is 0.819. The van der Waals surface area contributed by atoms with E-state index in [0.29, 0.717) is 0 Å². The summed E-state index contributed by atoms with van der Waals surface area (Å²) in [7, 11) is 0. The highest BCUT2D eigenvalue weighted by Crippen LogP contribution is 2.54. The smallest absolute Gasteiger partial charge is 0.377 e. The maximum atomic E-state index is 14.5. The fourth-order valence-corrected chi connectivity index (χ4v) is 3.71. The van der Waals surface area contributed by atoms with Gasteiger partial charge in [0.25, 0.3) is 5.56 Å². The topological polar surface area (TPSA) is 54.1 Å². The molecule has 1 saturated carbocycles. The number of benzene rings is 1. The Morgan fingerprint density at radius 1 is 1.23 bits per heavy atom. The van der Waals surface area contributed by atoms with Crippen LogP contribution in [-0.4, -0.2) is 23.9 Å². The Kier molecular flexibility index (Phi) is 4.04. The molecule has 0 amide bonds. The van der Waals surface area contributed by atoms with E-state index in [0.717, 1.165) is 19.3 Å². The molecule has 0 bridgehead atoms. The lowest BCUT2D eigenvalue weighted by molar-refractivity contribution is -0.199. The predicted molar refractivity (Wildman–Crippen MR) is 92.2 cm³/mol. The van der Waals surface area contributed by atoms with Crippen molar-refractivity contribution in [3.8, 4) is 0 Å². The lowest BCUT2D eigenvalue weighted by atomic mass is 9.71. The highest BCUT2D eigenvalue weighted by Gasteiger charge is 2.61. The van der Waals surface area contributed by atoms with Gasteiger partial charge in [-0.1, -0.05) is 11.6 Å². The van der Waals surface area contributed by atoms with E-state index < -0.39 is 23.8 Å². The van der Waals surface area contributed by atoms with Gasteiger partial charge in [-0.2, -0.15) is 13.2 Å². The second-order valence-corrected chi connectivity index (χ2v) is 7.11. The molecule has 8 heteroatoms. The minimum atomic E-state index is -4.68. The Morgan fingerprint density at radius 2 is 2.00 bits per heavy atom. The molecule has 1 aromatic heterocycles. The maximum absolute atomic E-state index is 14.5. The number of aromatic amines is 1. The second-order valence-electron chi connectivity index (χ2n) is 6.68.